The minimum absolute atomic E-state index is 0.879. The average molecular weight is 206 g/mol. The van der Waals surface area contributed by atoms with Gasteiger partial charge in [0.1, 0.15) is 0 Å². The fourth-order valence-electron chi connectivity index (χ4n) is 1.85. The second-order valence-electron chi connectivity index (χ2n) is 4.31. The molecular formula is C14H22O. The SMILES string of the molecule is COCCCCc1cc(C)c(C)cc1C. The van der Waals surface area contributed by atoms with Crippen LogP contribution in [0.5, 0.6) is 0 Å². The first-order valence-corrected chi connectivity index (χ1v) is 5.71. The van der Waals surface area contributed by atoms with Crippen molar-refractivity contribution in [2.45, 2.75) is 40.0 Å². The molecule has 0 atom stereocenters. The molecule has 0 saturated carbocycles. The van der Waals surface area contributed by atoms with Crippen LogP contribution in [0.4, 0.5) is 0 Å². The quantitative estimate of drug-likeness (QED) is 0.669. The van der Waals surface area contributed by atoms with Gasteiger partial charge in [-0.2, -0.15) is 0 Å². The largest absolute Gasteiger partial charge is 0.385 e. The van der Waals surface area contributed by atoms with Crippen LogP contribution in [0.25, 0.3) is 0 Å². The Morgan fingerprint density at radius 1 is 0.933 bits per heavy atom. The van der Waals surface area contributed by atoms with E-state index in [1.165, 1.54) is 35.1 Å². The predicted molar refractivity (Wildman–Crippen MR) is 65.5 cm³/mol. The van der Waals surface area contributed by atoms with Crippen LogP contribution in [-0.2, 0) is 11.2 Å². The Kier molecular flexibility index (Phi) is 4.83. The zero-order valence-electron chi connectivity index (χ0n) is 10.4. The average Bonchev–Trinajstić information content (AvgIpc) is 2.20. The van der Waals surface area contributed by atoms with Crippen LogP contribution in [0, 0.1) is 20.8 Å². The van der Waals surface area contributed by atoms with Gasteiger partial charge in [0.05, 0.1) is 0 Å². The van der Waals surface area contributed by atoms with E-state index in [1.807, 2.05) is 0 Å². The number of methoxy groups -OCH3 is 1. The molecule has 0 aliphatic rings. The second-order valence-corrected chi connectivity index (χ2v) is 4.31. The van der Waals surface area contributed by atoms with Crippen LogP contribution in [-0.4, -0.2) is 13.7 Å². The van der Waals surface area contributed by atoms with Crippen LogP contribution < -0.4 is 0 Å². The number of rotatable bonds is 5. The molecule has 1 aromatic rings. The van der Waals surface area contributed by atoms with Gasteiger partial charge in [-0.25, -0.2) is 0 Å². The van der Waals surface area contributed by atoms with Crippen molar-refractivity contribution in [2.75, 3.05) is 13.7 Å². The molecular weight excluding hydrogens is 184 g/mol. The number of ether oxygens (including phenoxy) is 1. The topological polar surface area (TPSA) is 9.23 Å². The molecule has 0 amide bonds. The first kappa shape index (κ1) is 12.3. The molecule has 1 rings (SSSR count). The second kappa shape index (κ2) is 5.92. The van der Waals surface area contributed by atoms with E-state index in [0.29, 0.717) is 0 Å². The maximum Gasteiger partial charge on any atom is 0.0462 e. The monoisotopic (exact) mass is 206 g/mol. The van der Waals surface area contributed by atoms with Gasteiger partial charge in [0.15, 0.2) is 0 Å². The van der Waals surface area contributed by atoms with Crippen LogP contribution in [0.2, 0.25) is 0 Å². The molecule has 0 bridgehead atoms. The number of aryl methyl sites for hydroxylation is 4. The van der Waals surface area contributed by atoms with Crippen molar-refractivity contribution in [2.24, 2.45) is 0 Å². The van der Waals surface area contributed by atoms with Gasteiger partial charge in [-0.1, -0.05) is 12.1 Å². The molecule has 0 aliphatic heterocycles. The van der Waals surface area contributed by atoms with Gasteiger partial charge >= 0.3 is 0 Å². The van der Waals surface area contributed by atoms with E-state index in [1.54, 1.807) is 7.11 Å². The Balaban J connectivity index is 2.57. The molecule has 0 radical (unpaired) electrons. The zero-order chi connectivity index (χ0) is 11.3. The van der Waals surface area contributed by atoms with E-state index >= 15 is 0 Å². The van der Waals surface area contributed by atoms with Crippen molar-refractivity contribution >= 4 is 0 Å². The van der Waals surface area contributed by atoms with Gasteiger partial charge in [0, 0.05) is 13.7 Å². The molecule has 15 heavy (non-hydrogen) atoms. The summed E-state index contributed by atoms with van der Waals surface area (Å²) in [4.78, 5) is 0. The molecule has 84 valence electrons. The number of benzene rings is 1. The summed E-state index contributed by atoms with van der Waals surface area (Å²) in [6.45, 7) is 7.45. The standard InChI is InChI=1S/C14H22O/c1-11-9-13(3)14(10-12(11)2)7-5-6-8-15-4/h9-10H,5-8H2,1-4H3. The zero-order valence-corrected chi connectivity index (χ0v) is 10.4. The third kappa shape index (κ3) is 3.67. The van der Waals surface area contributed by atoms with Gasteiger partial charge < -0.3 is 4.74 Å². The summed E-state index contributed by atoms with van der Waals surface area (Å²) >= 11 is 0. The molecule has 1 aromatic carbocycles. The first-order chi connectivity index (χ1) is 7.15. The molecule has 0 heterocycles. The van der Waals surface area contributed by atoms with Crippen molar-refractivity contribution in [1.82, 2.24) is 0 Å². The molecule has 1 heteroatoms. The maximum absolute atomic E-state index is 5.05. The van der Waals surface area contributed by atoms with Crippen molar-refractivity contribution < 1.29 is 4.74 Å². The number of hydrogen-bond acceptors (Lipinski definition) is 1. The Bertz CT molecular complexity index is 315. The lowest BCUT2D eigenvalue weighted by Gasteiger charge is -2.09. The van der Waals surface area contributed by atoms with E-state index in [-0.39, 0.29) is 0 Å². The molecule has 0 spiro atoms. The highest BCUT2D eigenvalue weighted by molar-refractivity contribution is 5.36. The molecule has 0 saturated heterocycles. The van der Waals surface area contributed by atoms with E-state index in [4.69, 9.17) is 4.74 Å². The normalized spacial score (nSPS) is 10.7. The van der Waals surface area contributed by atoms with Gasteiger partial charge in [0.2, 0.25) is 0 Å². The van der Waals surface area contributed by atoms with Crippen LogP contribution in [0.1, 0.15) is 35.1 Å². The summed E-state index contributed by atoms with van der Waals surface area (Å²) in [6.07, 6.45) is 3.55. The number of hydrogen-bond donors (Lipinski definition) is 0. The maximum atomic E-state index is 5.05. The van der Waals surface area contributed by atoms with E-state index in [2.05, 4.69) is 32.9 Å². The van der Waals surface area contributed by atoms with Crippen molar-refractivity contribution in [3.05, 3.63) is 34.4 Å². The molecule has 0 aliphatic carbocycles. The summed E-state index contributed by atoms with van der Waals surface area (Å²) in [5, 5.41) is 0. The van der Waals surface area contributed by atoms with Crippen LogP contribution in [0.3, 0.4) is 0 Å². The summed E-state index contributed by atoms with van der Waals surface area (Å²) in [6, 6.07) is 4.62. The molecule has 1 nitrogen and oxygen atoms in total. The summed E-state index contributed by atoms with van der Waals surface area (Å²) in [5.74, 6) is 0. The minimum Gasteiger partial charge on any atom is -0.385 e. The first-order valence-electron chi connectivity index (χ1n) is 5.71. The summed E-state index contributed by atoms with van der Waals surface area (Å²) in [7, 11) is 1.77. The molecule has 0 unspecified atom stereocenters. The fourth-order valence-corrected chi connectivity index (χ4v) is 1.85. The van der Waals surface area contributed by atoms with Crippen LogP contribution in [0.15, 0.2) is 12.1 Å². The minimum atomic E-state index is 0.879. The predicted octanol–water partition coefficient (Wildman–Crippen LogP) is 3.58. The number of unbranched alkanes of at least 4 members (excludes halogenated alkanes) is 1. The summed E-state index contributed by atoms with van der Waals surface area (Å²) < 4.78 is 5.05. The highest BCUT2D eigenvalue weighted by Crippen LogP contribution is 2.17. The molecule has 0 fully saturated rings. The van der Waals surface area contributed by atoms with Gasteiger partial charge in [-0.3, -0.25) is 0 Å². The van der Waals surface area contributed by atoms with Gasteiger partial charge in [-0.05, 0) is 62.3 Å². The van der Waals surface area contributed by atoms with E-state index in [9.17, 15) is 0 Å². The highest BCUT2D eigenvalue weighted by Gasteiger charge is 2.01. The third-order valence-electron chi connectivity index (χ3n) is 3.00. The van der Waals surface area contributed by atoms with Crippen molar-refractivity contribution in [1.29, 1.82) is 0 Å². The molecule has 0 aromatic heterocycles. The van der Waals surface area contributed by atoms with E-state index in [0.717, 1.165) is 13.0 Å². The lowest BCUT2D eigenvalue weighted by molar-refractivity contribution is 0.193. The van der Waals surface area contributed by atoms with Crippen molar-refractivity contribution in [3.8, 4) is 0 Å². The van der Waals surface area contributed by atoms with Gasteiger partial charge in [0.25, 0.3) is 0 Å². The lowest BCUT2D eigenvalue weighted by atomic mass is 9.97. The summed E-state index contributed by atoms with van der Waals surface area (Å²) in [5.41, 5.74) is 5.72. The molecule has 0 N–H and O–H groups in total. The smallest absolute Gasteiger partial charge is 0.0462 e. The van der Waals surface area contributed by atoms with E-state index < -0.39 is 0 Å². The Morgan fingerprint density at radius 2 is 1.60 bits per heavy atom. The van der Waals surface area contributed by atoms with Crippen molar-refractivity contribution in [3.63, 3.8) is 0 Å². The third-order valence-corrected chi connectivity index (χ3v) is 3.00. The van der Waals surface area contributed by atoms with Crippen LogP contribution >= 0.6 is 0 Å². The lowest BCUT2D eigenvalue weighted by Crippen LogP contribution is -1.95. The van der Waals surface area contributed by atoms with Gasteiger partial charge in [-0.15, -0.1) is 0 Å². The Hall–Kier alpha value is -0.820. The Labute approximate surface area is 93.5 Å². The fraction of sp³-hybridized carbons (Fsp3) is 0.571. The Morgan fingerprint density at radius 3 is 2.27 bits per heavy atom. The highest BCUT2D eigenvalue weighted by atomic mass is 16.5.